The third kappa shape index (κ3) is 5.07. The molecule has 18 heavy (non-hydrogen) atoms. The lowest BCUT2D eigenvalue weighted by molar-refractivity contribution is 0.0593. The number of carbonyl (C=O) groups is 1. The summed E-state index contributed by atoms with van der Waals surface area (Å²) in [4.78, 5) is 11.1. The molecule has 0 bridgehead atoms. The van der Waals surface area contributed by atoms with E-state index >= 15 is 0 Å². The molecule has 7 heteroatoms. The molecule has 1 aromatic rings. The fourth-order valence-corrected chi connectivity index (χ4v) is 1.22. The molecule has 0 amide bonds. The maximum Gasteiger partial charge on any atom is 0.358 e. The fraction of sp³-hybridized carbons (Fsp3) is 0.545. The van der Waals surface area contributed by atoms with Crippen molar-refractivity contribution in [2.45, 2.75) is 0 Å². The molecule has 1 rings (SSSR count). The fourth-order valence-electron chi connectivity index (χ4n) is 1.22. The van der Waals surface area contributed by atoms with E-state index in [4.69, 9.17) is 4.74 Å². The largest absolute Gasteiger partial charge is 0.464 e. The van der Waals surface area contributed by atoms with E-state index in [1.165, 1.54) is 7.11 Å². The average Bonchev–Trinajstić information content (AvgIpc) is 2.42. The van der Waals surface area contributed by atoms with Gasteiger partial charge in [-0.2, -0.15) is 0 Å². The minimum absolute atomic E-state index is 0.196. The van der Waals surface area contributed by atoms with Crippen LogP contribution < -0.4 is 10.6 Å². The molecular formula is C11H18N4O3. The topological polar surface area (TPSA) is 85.4 Å². The third-order valence-electron chi connectivity index (χ3n) is 2.15. The molecule has 1 aromatic heterocycles. The van der Waals surface area contributed by atoms with Crippen molar-refractivity contribution in [3.05, 3.63) is 17.8 Å². The standard InChI is InChI=1S/C11H18N4O3/c1-17-8-7-12-5-6-13-10-4-3-9(14-15-10)11(16)18-2/h3-4,12H,5-8H2,1-2H3,(H,13,15). The monoisotopic (exact) mass is 254 g/mol. The van der Waals surface area contributed by atoms with Gasteiger partial charge >= 0.3 is 5.97 Å². The van der Waals surface area contributed by atoms with Gasteiger partial charge in [0.15, 0.2) is 5.69 Å². The molecule has 0 aliphatic heterocycles. The number of rotatable bonds is 8. The summed E-state index contributed by atoms with van der Waals surface area (Å²) in [5.74, 6) is 0.131. The number of aromatic nitrogens is 2. The SMILES string of the molecule is COCCNCCNc1ccc(C(=O)OC)nn1. The van der Waals surface area contributed by atoms with Crippen LogP contribution in [0.4, 0.5) is 5.82 Å². The Hall–Kier alpha value is -1.73. The van der Waals surface area contributed by atoms with Crippen molar-refractivity contribution in [2.75, 3.05) is 45.8 Å². The third-order valence-corrected chi connectivity index (χ3v) is 2.15. The number of hydrogen-bond acceptors (Lipinski definition) is 7. The first kappa shape index (κ1) is 14.3. The van der Waals surface area contributed by atoms with Crippen molar-refractivity contribution < 1.29 is 14.3 Å². The van der Waals surface area contributed by atoms with Gasteiger partial charge in [-0.15, -0.1) is 10.2 Å². The van der Waals surface area contributed by atoms with Gasteiger partial charge in [0.05, 0.1) is 13.7 Å². The lowest BCUT2D eigenvalue weighted by Crippen LogP contribution is -2.25. The maximum absolute atomic E-state index is 11.1. The van der Waals surface area contributed by atoms with Crippen LogP contribution in [0, 0.1) is 0 Å². The molecule has 0 spiro atoms. The summed E-state index contributed by atoms with van der Waals surface area (Å²) in [5.41, 5.74) is 0.196. The predicted octanol–water partition coefficient (Wildman–Crippen LogP) is -0.0889. The lowest BCUT2D eigenvalue weighted by Gasteiger charge is -2.06. The van der Waals surface area contributed by atoms with Crippen LogP contribution in [-0.2, 0) is 9.47 Å². The minimum atomic E-state index is -0.490. The summed E-state index contributed by atoms with van der Waals surface area (Å²) in [6, 6.07) is 3.26. The van der Waals surface area contributed by atoms with Crippen LogP contribution in [0.1, 0.15) is 10.5 Å². The van der Waals surface area contributed by atoms with Crippen molar-refractivity contribution in [3.63, 3.8) is 0 Å². The Morgan fingerprint density at radius 3 is 2.67 bits per heavy atom. The summed E-state index contributed by atoms with van der Waals surface area (Å²) < 4.78 is 9.43. The summed E-state index contributed by atoms with van der Waals surface area (Å²) in [6.07, 6.45) is 0. The highest BCUT2D eigenvalue weighted by Gasteiger charge is 2.06. The molecule has 0 unspecified atom stereocenters. The highest BCUT2D eigenvalue weighted by molar-refractivity contribution is 5.86. The number of anilines is 1. The molecular weight excluding hydrogens is 236 g/mol. The number of hydrogen-bond donors (Lipinski definition) is 2. The molecule has 0 aliphatic carbocycles. The Balaban J connectivity index is 2.25. The van der Waals surface area contributed by atoms with Crippen LogP contribution in [0.3, 0.4) is 0 Å². The van der Waals surface area contributed by atoms with Crippen LogP contribution in [0.5, 0.6) is 0 Å². The molecule has 2 N–H and O–H groups in total. The Labute approximate surface area is 106 Å². The number of nitrogens with one attached hydrogen (secondary N) is 2. The van der Waals surface area contributed by atoms with Gasteiger partial charge in [-0.25, -0.2) is 4.79 Å². The first-order valence-corrected chi connectivity index (χ1v) is 5.63. The molecule has 0 saturated carbocycles. The molecule has 0 aliphatic rings. The Bertz CT molecular complexity index is 356. The van der Waals surface area contributed by atoms with Gasteiger partial charge < -0.3 is 20.1 Å². The van der Waals surface area contributed by atoms with Gasteiger partial charge in [-0.05, 0) is 12.1 Å². The summed E-state index contributed by atoms with van der Waals surface area (Å²) >= 11 is 0. The molecule has 0 radical (unpaired) electrons. The molecule has 7 nitrogen and oxygen atoms in total. The zero-order valence-electron chi connectivity index (χ0n) is 10.6. The van der Waals surface area contributed by atoms with Gasteiger partial charge in [-0.3, -0.25) is 0 Å². The lowest BCUT2D eigenvalue weighted by atomic mass is 10.4. The first-order valence-electron chi connectivity index (χ1n) is 5.63. The van der Waals surface area contributed by atoms with E-state index in [9.17, 15) is 4.79 Å². The van der Waals surface area contributed by atoms with Crippen LogP contribution in [0.15, 0.2) is 12.1 Å². The highest BCUT2D eigenvalue weighted by Crippen LogP contribution is 2.02. The number of nitrogens with zero attached hydrogens (tertiary/aromatic N) is 2. The van der Waals surface area contributed by atoms with Crippen molar-refractivity contribution >= 4 is 11.8 Å². The van der Waals surface area contributed by atoms with Crippen LogP contribution >= 0.6 is 0 Å². The number of esters is 1. The minimum Gasteiger partial charge on any atom is -0.464 e. The van der Waals surface area contributed by atoms with Crippen molar-refractivity contribution in [3.8, 4) is 0 Å². The quantitative estimate of drug-likeness (QED) is 0.495. The van der Waals surface area contributed by atoms with Gasteiger partial charge in [0, 0.05) is 26.7 Å². The highest BCUT2D eigenvalue weighted by atomic mass is 16.5. The second-order valence-corrected chi connectivity index (χ2v) is 3.46. The molecule has 0 fully saturated rings. The zero-order valence-corrected chi connectivity index (χ0v) is 10.6. The summed E-state index contributed by atoms with van der Waals surface area (Å²) in [5, 5.41) is 13.9. The second-order valence-electron chi connectivity index (χ2n) is 3.46. The van der Waals surface area contributed by atoms with E-state index in [0.29, 0.717) is 12.4 Å². The van der Waals surface area contributed by atoms with Crippen LogP contribution in [0.2, 0.25) is 0 Å². The summed E-state index contributed by atoms with van der Waals surface area (Å²) in [7, 11) is 2.97. The number of carbonyl (C=O) groups excluding carboxylic acids is 1. The Morgan fingerprint density at radius 2 is 2.06 bits per heavy atom. The van der Waals surface area contributed by atoms with Gasteiger partial charge in [0.1, 0.15) is 5.82 Å². The van der Waals surface area contributed by atoms with E-state index in [2.05, 4.69) is 25.6 Å². The maximum atomic E-state index is 11.1. The molecule has 100 valence electrons. The van der Waals surface area contributed by atoms with Crippen molar-refractivity contribution in [2.24, 2.45) is 0 Å². The van der Waals surface area contributed by atoms with E-state index in [-0.39, 0.29) is 5.69 Å². The van der Waals surface area contributed by atoms with E-state index in [1.807, 2.05) is 0 Å². The first-order chi connectivity index (χ1) is 8.77. The Kier molecular flexibility index (Phi) is 6.67. The van der Waals surface area contributed by atoms with Gasteiger partial charge in [-0.1, -0.05) is 0 Å². The van der Waals surface area contributed by atoms with Gasteiger partial charge in [0.25, 0.3) is 0 Å². The summed E-state index contributed by atoms with van der Waals surface area (Å²) in [6.45, 7) is 3.01. The van der Waals surface area contributed by atoms with Gasteiger partial charge in [0.2, 0.25) is 0 Å². The number of methoxy groups -OCH3 is 2. The van der Waals surface area contributed by atoms with Crippen molar-refractivity contribution in [1.82, 2.24) is 15.5 Å². The molecule has 0 aromatic carbocycles. The molecule has 1 heterocycles. The van der Waals surface area contributed by atoms with Crippen LogP contribution in [0.25, 0.3) is 0 Å². The normalized spacial score (nSPS) is 10.1. The van der Waals surface area contributed by atoms with Crippen LogP contribution in [-0.4, -0.2) is 56.6 Å². The average molecular weight is 254 g/mol. The Morgan fingerprint density at radius 1 is 1.22 bits per heavy atom. The van der Waals surface area contributed by atoms with Crippen molar-refractivity contribution in [1.29, 1.82) is 0 Å². The molecule has 0 atom stereocenters. The predicted molar refractivity (Wildman–Crippen MR) is 66.6 cm³/mol. The smallest absolute Gasteiger partial charge is 0.358 e. The second kappa shape index (κ2) is 8.37. The number of ether oxygens (including phenoxy) is 2. The molecule has 0 saturated heterocycles. The van der Waals surface area contributed by atoms with E-state index in [0.717, 1.165) is 19.6 Å². The zero-order chi connectivity index (χ0) is 13.2. The van der Waals surface area contributed by atoms with E-state index < -0.39 is 5.97 Å². The van der Waals surface area contributed by atoms with E-state index in [1.54, 1.807) is 19.2 Å².